The van der Waals surface area contributed by atoms with Crippen LogP contribution in [-0.4, -0.2) is 42.1 Å². The maximum absolute atomic E-state index is 5.48. The molecule has 1 aromatic rings. The highest BCUT2D eigenvalue weighted by Crippen LogP contribution is 2.19. The molecule has 0 aliphatic carbocycles. The van der Waals surface area contributed by atoms with Crippen molar-refractivity contribution in [3.63, 3.8) is 0 Å². The second-order valence-corrected chi connectivity index (χ2v) is 7.11. The van der Waals surface area contributed by atoms with E-state index in [1.54, 1.807) is 7.05 Å². The van der Waals surface area contributed by atoms with E-state index in [2.05, 4.69) is 47.6 Å². The molecule has 0 amide bonds. The molecule has 0 saturated heterocycles. The number of thioether (sulfide) groups is 1. The van der Waals surface area contributed by atoms with Gasteiger partial charge in [0.05, 0.1) is 6.61 Å². The van der Waals surface area contributed by atoms with Crippen LogP contribution in [-0.2, 0) is 6.54 Å². The van der Waals surface area contributed by atoms with Gasteiger partial charge in [0.2, 0.25) is 5.88 Å². The van der Waals surface area contributed by atoms with E-state index in [-0.39, 0.29) is 28.7 Å². The fraction of sp³-hybridized carbons (Fsp3) is 0.625. The van der Waals surface area contributed by atoms with Gasteiger partial charge in [-0.1, -0.05) is 13.0 Å². The number of aromatic nitrogens is 1. The lowest BCUT2D eigenvalue weighted by Crippen LogP contribution is -2.42. The highest BCUT2D eigenvalue weighted by Gasteiger charge is 2.15. The number of aliphatic imine (C=N–C) groups is 1. The highest BCUT2D eigenvalue weighted by molar-refractivity contribution is 14.0. The van der Waals surface area contributed by atoms with Crippen LogP contribution in [0, 0.1) is 0 Å². The lowest BCUT2D eigenvalue weighted by atomic mass is 10.2. The number of rotatable bonds is 8. The van der Waals surface area contributed by atoms with Crippen molar-refractivity contribution in [3.05, 3.63) is 23.9 Å². The van der Waals surface area contributed by atoms with Crippen molar-refractivity contribution in [1.82, 2.24) is 15.6 Å². The zero-order chi connectivity index (χ0) is 16.4. The van der Waals surface area contributed by atoms with Crippen LogP contribution in [0.5, 0.6) is 5.88 Å². The van der Waals surface area contributed by atoms with E-state index in [0.29, 0.717) is 19.0 Å². The number of nitrogens with one attached hydrogen (secondary N) is 2. The monoisotopic (exact) mass is 452 g/mol. The molecule has 23 heavy (non-hydrogen) atoms. The van der Waals surface area contributed by atoms with E-state index in [4.69, 9.17) is 4.74 Å². The molecule has 0 saturated carbocycles. The maximum Gasteiger partial charge on any atom is 0.213 e. The van der Waals surface area contributed by atoms with Gasteiger partial charge < -0.3 is 15.4 Å². The predicted octanol–water partition coefficient (Wildman–Crippen LogP) is 3.30. The van der Waals surface area contributed by atoms with Crippen molar-refractivity contribution in [2.45, 2.75) is 38.5 Å². The van der Waals surface area contributed by atoms with Crippen LogP contribution in [0.3, 0.4) is 0 Å². The zero-order valence-corrected chi connectivity index (χ0v) is 17.8. The zero-order valence-electron chi connectivity index (χ0n) is 14.7. The molecule has 0 aliphatic rings. The third kappa shape index (κ3) is 9.24. The van der Waals surface area contributed by atoms with Crippen LogP contribution in [0.2, 0.25) is 0 Å². The molecule has 132 valence electrons. The Labute approximate surface area is 161 Å². The molecule has 1 aromatic heterocycles. The molecular weight excluding hydrogens is 423 g/mol. The van der Waals surface area contributed by atoms with Crippen LogP contribution in [0.15, 0.2) is 23.3 Å². The molecule has 0 unspecified atom stereocenters. The van der Waals surface area contributed by atoms with Gasteiger partial charge in [-0.2, -0.15) is 11.8 Å². The van der Waals surface area contributed by atoms with Crippen LogP contribution in [0.4, 0.5) is 0 Å². The van der Waals surface area contributed by atoms with Gasteiger partial charge in [0.1, 0.15) is 0 Å². The Morgan fingerprint density at radius 3 is 2.61 bits per heavy atom. The maximum atomic E-state index is 5.48. The number of hydrogen-bond donors (Lipinski definition) is 2. The summed E-state index contributed by atoms with van der Waals surface area (Å²) in [5.74, 6) is 1.48. The summed E-state index contributed by atoms with van der Waals surface area (Å²) in [6.45, 7) is 8.73. The number of hydrogen-bond acceptors (Lipinski definition) is 4. The average Bonchev–Trinajstić information content (AvgIpc) is 2.54. The molecule has 1 rings (SSSR count). The van der Waals surface area contributed by atoms with Gasteiger partial charge in [0.25, 0.3) is 0 Å². The van der Waals surface area contributed by atoms with E-state index >= 15 is 0 Å². The average molecular weight is 452 g/mol. The Balaban J connectivity index is 0.00000484. The first kappa shape index (κ1) is 22.3. The van der Waals surface area contributed by atoms with Gasteiger partial charge >= 0.3 is 0 Å². The topological polar surface area (TPSA) is 58.5 Å². The number of halogens is 1. The van der Waals surface area contributed by atoms with Crippen molar-refractivity contribution < 1.29 is 4.74 Å². The molecule has 0 fully saturated rings. The third-order valence-corrected chi connectivity index (χ3v) is 4.42. The first-order valence-electron chi connectivity index (χ1n) is 7.58. The molecule has 1 heterocycles. The Hall–Kier alpha value is -0.700. The van der Waals surface area contributed by atoms with E-state index in [0.717, 1.165) is 24.5 Å². The van der Waals surface area contributed by atoms with Crippen molar-refractivity contribution in [1.29, 1.82) is 0 Å². The summed E-state index contributed by atoms with van der Waals surface area (Å²) >= 11 is 1.83. The van der Waals surface area contributed by atoms with Crippen molar-refractivity contribution in [2.24, 2.45) is 4.99 Å². The van der Waals surface area contributed by atoms with Gasteiger partial charge in [-0.15, -0.1) is 24.0 Å². The van der Waals surface area contributed by atoms with Crippen LogP contribution in [0.25, 0.3) is 0 Å². The van der Waals surface area contributed by atoms with Crippen molar-refractivity contribution in [2.75, 3.05) is 26.5 Å². The number of guanidine groups is 1. The van der Waals surface area contributed by atoms with E-state index < -0.39 is 0 Å². The number of nitrogens with zero attached hydrogens (tertiary/aromatic N) is 2. The molecule has 0 spiro atoms. The van der Waals surface area contributed by atoms with Gasteiger partial charge in [0.15, 0.2) is 5.96 Å². The largest absolute Gasteiger partial charge is 0.478 e. The predicted molar refractivity (Wildman–Crippen MR) is 111 cm³/mol. The van der Waals surface area contributed by atoms with Gasteiger partial charge in [0, 0.05) is 37.1 Å². The quantitative estimate of drug-likeness (QED) is 0.360. The third-order valence-electron chi connectivity index (χ3n) is 3.17. The summed E-state index contributed by atoms with van der Waals surface area (Å²) < 4.78 is 5.65. The lowest BCUT2D eigenvalue weighted by molar-refractivity contribution is 0.305. The SMILES string of the molecule is CCCOc1ccc(CNC(=NC)NCC(C)(C)SC)cn1.I. The van der Waals surface area contributed by atoms with Crippen LogP contribution < -0.4 is 15.4 Å². The van der Waals surface area contributed by atoms with Crippen LogP contribution >= 0.6 is 35.7 Å². The van der Waals surface area contributed by atoms with Crippen molar-refractivity contribution in [3.8, 4) is 5.88 Å². The second kappa shape index (κ2) is 11.8. The fourth-order valence-electron chi connectivity index (χ4n) is 1.58. The summed E-state index contributed by atoms with van der Waals surface area (Å²) in [5.41, 5.74) is 1.09. The minimum atomic E-state index is 0. The molecular formula is C16H29IN4OS. The van der Waals surface area contributed by atoms with Gasteiger partial charge in [-0.25, -0.2) is 4.98 Å². The van der Waals surface area contributed by atoms with E-state index in [1.807, 2.05) is 30.1 Å². The minimum Gasteiger partial charge on any atom is -0.478 e. The first-order chi connectivity index (χ1) is 10.5. The summed E-state index contributed by atoms with van der Waals surface area (Å²) in [6.07, 6.45) is 4.93. The standard InChI is InChI=1S/C16H28N4OS.HI/c1-6-9-21-14-8-7-13(10-18-14)11-19-15(17-4)20-12-16(2,3)22-5;/h7-8,10H,6,9,11-12H2,1-5H3,(H2,17,19,20);1H. The summed E-state index contributed by atoms with van der Waals surface area (Å²) in [5, 5.41) is 6.64. The minimum absolute atomic E-state index is 0. The summed E-state index contributed by atoms with van der Waals surface area (Å²) in [7, 11) is 1.78. The summed E-state index contributed by atoms with van der Waals surface area (Å²) in [4.78, 5) is 8.53. The molecule has 5 nitrogen and oxygen atoms in total. The van der Waals surface area contributed by atoms with Crippen LogP contribution in [0.1, 0.15) is 32.8 Å². The Morgan fingerprint density at radius 2 is 2.09 bits per heavy atom. The van der Waals surface area contributed by atoms with E-state index in [1.165, 1.54) is 0 Å². The highest BCUT2D eigenvalue weighted by atomic mass is 127. The fourth-order valence-corrected chi connectivity index (χ4v) is 1.80. The molecule has 0 bridgehead atoms. The Kier molecular flexibility index (Phi) is 11.4. The lowest BCUT2D eigenvalue weighted by Gasteiger charge is -2.23. The Morgan fingerprint density at radius 1 is 1.35 bits per heavy atom. The normalized spacial score (nSPS) is 11.6. The Bertz CT molecular complexity index is 466. The van der Waals surface area contributed by atoms with E-state index in [9.17, 15) is 0 Å². The summed E-state index contributed by atoms with van der Waals surface area (Å²) in [6, 6.07) is 3.92. The second-order valence-electron chi connectivity index (χ2n) is 5.60. The first-order valence-corrected chi connectivity index (χ1v) is 8.80. The molecule has 0 aliphatic heterocycles. The van der Waals surface area contributed by atoms with Gasteiger partial charge in [-0.3, -0.25) is 4.99 Å². The molecule has 0 atom stereocenters. The van der Waals surface area contributed by atoms with Gasteiger partial charge in [-0.05, 0) is 32.1 Å². The number of pyridine rings is 1. The smallest absolute Gasteiger partial charge is 0.213 e. The molecule has 0 radical (unpaired) electrons. The molecule has 7 heteroatoms. The van der Waals surface area contributed by atoms with Crippen molar-refractivity contribution >= 4 is 41.7 Å². The molecule has 2 N–H and O–H groups in total. The number of ether oxygens (including phenoxy) is 1. The molecule has 0 aromatic carbocycles.